The summed E-state index contributed by atoms with van der Waals surface area (Å²) in [7, 11) is 0. The molecule has 0 aliphatic heterocycles. The smallest absolute Gasteiger partial charge is 0.108 e. The summed E-state index contributed by atoms with van der Waals surface area (Å²) >= 11 is 0. The lowest BCUT2D eigenvalue weighted by Crippen LogP contribution is -2.03. The van der Waals surface area contributed by atoms with Crippen LogP contribution in [0.1, 0.15) is 29.8 Å². The molecule has 112 valence electrons. The minimum absolute atomic E-state index is 0.391. The summed E-state index contributed by atoms with van der Waals surface area (Å²) in [6, 6.07) is 19.2. The average molecular weight is 291 g/mol. The molecule has 1 aromatic heterocycles. The zero-order valence-corrected chi connectivity index (χ0v) is 12.8. The fourth-order valence-electron chi connectivity index (χ4n) is 2.65. The second kappa shape index (κ2) is 6.58. The van der Waals surface area contributed by atoms with Gasteiger partial charge in [0.25, 0.3) is 0 Å². The Labute approximate surface area is 131 Å². The maximum atomic E-state index is 5.56. The average Bonchev–Trinajstić information content (AvgIpc) is 3.04. The van der Waals surface area contributed by atoms with Crippen molar-refractivity contribution >= 4 is 0 Å². The molecule has 0 radical (unpaired) electrons. The van der Waals surface area contributed by atoms with Crippen molar-refractivity contribution in [2.75, 3.05) is 6.54 Å². The molecule has 1 atom stereocenters. The van der Waals surface area contributed by atoms with Crippen LogP contribution in [0.3, 0.4) is 0 Å². The van der Waals surface area contributed by atoms with E-state index in [0.29, 0.717) is 12.5 Å². The van der Waals surface area contributed by atoms with Crippen LogP contribution in [0.25, 0.3) is 11.3 Å². The number of nitrogens with one attached hydrogen (secondary N) is 1. The van der Waals surface area contributed by atoms with Crippen molar-refractivity contribution in [3.8, 4) is 11.3 Å². The van der Waals surface area contributed by atoms with E-state index in [4.69, 9.17) is 5.73 Å². The van der Waals surface area contributed by atoms with Crippen LogP contribution in [-0.4, -0.2) is 16.5 Å². The second-order valence-corrected chi connectivity index (χ2v) is 5.53. The molecule has 3 heteroatoms. The van der Waals surface area contributed by atoms with Gasteiger partial charge < -0.3 is 10.7 Å². The Morgan fingerprint density at radius 1 is 1.00 bits per heavy atom. The Bertz CT molecular complexity index is 714. The van der Waals surface area contributed by atoms with Crippen molar-refractivity contribution in [2.24, 2.45) is 5.73 Å². The van der Waals surface area contributed by atoms with E-state index in [1.807, 2.05) is 6.20 Å². The third-order valence-electron chi connectivity index (χ3n) is 4.02. The minimum Gasteiger partial charge on any atom is -0.348 e. The van der Waals surface area contributed by atoms with Gasteiger partial charge in [0.05, 0.1) is 5.69 Å². The van der Waals surface area contributed by atoms with Gasteiger partial charge in [0.1, 0.15) is 5.82 Å². The number of nitrogens with two attached hydrogens (primary N) is 1. The lowest BCUT2D eigenvalue weighted by Gasteiger charge is -2.12. The normalized spacial score (nSPS) is 12.3. The largest absolute Gasteiger partial charge is 0.348 e. The van der Waals surface area contributed by atoms with Crippen LogP contribution >= 0.6 is 0 Å². The van der Waals surface area contributed by atoms with Gasteiger partial charge >= 0.3 is 0 Å². The van der Waals surface area contributed by atoms with E-state index >= 15 is 0 Å². The summed E-state index contributed by atoms with van der Waals surface area (Å²) in [5, 5.41) is 0. The second-order valence-electron chi connectivity index (χ2n) is 5.53. The lowest BCUT2D eigenvalue weighted by molar-refractivity contribution is 0.895. The molecule has 0 fully saturated rings. The Hall–Kier alpha value is -2.39. The number of benzene rings is 2. The summed E-state index contributed by atoms with van der Waals surface area (Å²) in [5.41, 5.74) is 10.3. The maximum Gasteiger partial charge on any atom is 0.108 e. The first-order valence-electron chi connectivity index (χ1n) is 7.67. The molecular formula is C19H21N3. The predicted molar refractivity (Wildman–Crippen MR) is 90.7 cm³/mol. The highest BCUT2D eigenvalue weighted by molar-refractivity contribution is 5.59. The van der Waals surface area contributed by atoms with Crippen molar-refractivity contribution in [2.45, 2.75) is 19.3 Å². The first kappa shape index (κ1) is 14.5. The van der Waals surface area contributed by atoms with E-state index in [-0.39, 0.29) is 0 Å². The van der Waals surface area contributed by atoms with Gasteiger partial charge in [-0.25, -0.2) is 4.98 Å². The molecule has 0 aliphatic carbocycles. The Kier molecular flexibility index (Phi) is 4.35. The minimum atomic E-state index is 0.391. The van der Waals surface area contributed by atoms with Gasteiger partial charge in [0.15, 0.2) is 0 Å². The van der Waals surface area contributed by atoms with Gasteiger partial charge in [-0.3, -0.25) is 0 Å². The van der Waals surface area contributed by atoms with E-state index in [1.54, 1.807) is 0 Å². The Morgan fingerprint density at radius 3 is 2.36 bits per heavy atom. The molecule has 0 spiro atoms. The number of aromatic amines is 1. The van der Waals surface area contributed by atoms with Crippen molar-refractivity contribution in [1.82, 2.24) is 9.97 Å². The van der Waals surface area contributed by atoms with Crippen LogP contribution in [0.2, 0.25) is 0 Å². The van der Waals surface area contributed by atoms with Crippen molar-refractivity contribution in [1.29, 1.82) is 0 Å². The summed E-state index contributed by atoms with van der Waals surface area (Å²) in [6.45, 7) is 2.85. The molecule has 3 N–H and O–H groups in total. The van der Waals surface area contributed by atoms with E-state index in [9.17, 15) is 0 Å². The molecule has 0 aliphatic rings. The summed E-state index contributed by atoms with van der Waals surface area (Å²) in [6.07, 6.45) is 2.73. The van der Waals surface area contributed by atoms with Crippen LogP contribution in [0.4, 0.5) is 0 Å². The van der Waals surface area contributed by atoms with Gasteiger partial charge in [0.2, 0.25) is 0 Å². The maximum absolute atomic E-state index is 5.56. The van der Waals surface area contributed by atoms with Crippen LogP contribution in [0, 0.1) is 0 Å². The van der Waals surface area contributed by atoms with E-state index in [1.165, 1.54) is 11.1 Å². The predicted octanol–water partition coefficient (Wildman–Crippen LogP) is 3.73. The molecule has 0 saturated carbocycles. The van der Waals surface area contributed by atoms with E-state index < -0.39 is 0 Å². The fraction of sp³-hybridized carbons (Fsp3) is 0.211. The molecule has 0 saturated heterocycles. The number of nitrogens with zero attached hydrogens (tertiary/aromatic N) is 1. The highest BCUT2D eigenvalue weighted by atomic mass is 14.9. The van der Waals surface area contributed by atoms with Crippen molar-refractivity contribution in [3.63, 3.8) is 0 Å². The molecular weight excluding hydrogens is 270 g/mol. The summed E-state index contributed by atoms with van der Waals surface area (Å²) in [4.78, 5) is 7.74. The third-order valence-corrected chi connectivity index (χ3v) is 4.02. The van der Waals surface area contributed by atoms with Crippen molar-refractivity contribution in [3.05, 3.63) is 77.7 Å². The molecule has 2 aromatic carbocycles. The summed E-state index contributed by atoms with van der Waals surface area (Å²) < 4.78 is 0. The number of imidazole rings is 1. The first-order valence-corrected chi connectivity index (χ1v) is 7.67. The number of hydrogen-bond acceptors (Lipinski definition) is 2. The first-order chi connectivity index (χ1) is 10.8. The van der Waals surface area contributed by atoms with Gasteiger partial charge in [-0.2, -0.15) is 0 Å². The number of H-pyrrole nitrogens is 1. The lowest BCUT2D eigenvalue weighted by atomic mass is 9.92. The highest BCUT2D eigenvalue weighted by Gasteiger charge is 2.09. The highest BCUT2D eigenvalue weighted by Crippen LogP contribution is 2.26. The quantitative estimate of drug-likeness (QED) is 0.752. The molecule has 0 bridgehead atoms. The summed E-state index contributed by atoms with van der Waals surface area (Å²) in [5.74, 6) is 1.33. The van der Waals surface area contributed by atoms with E-state index in [2.05, 4.69) is 71.5 Å². The zero-order valence-electron chi connectivity index (χ0n) is 12.8. The van der Waals surface area contributed by atoms with Crippen LogP contribution in [-0.2, 0) is 6.42 Å². The third kappa shape index (κ3) is 3.10. The number of rotatable bonds is 5. The van der Waals surface area contributed by atoms with Crippen LogP contribution in [0.15, 0.2) is 60.8 Å². The molecule has 1 unspecified atom stereocenters. The van der Waals surface area contributed by atoms with Gasteiger partial charge in [-0.15, -0.1) is 0 Å². The monoisotopic (exact) mass is 291 g/mol. The molecule has 3 aromatic rings. The van der Waals surface area contributed by atoms with Gasteiger partial charge in [0, 0.05) is 24.1 Å². The zero-order chi connectivity index (χ0) is 15.4. The standard InChI is InChI=1S/C19H21N3/c1-14(15-5-3-2-4-6-15)16-7-9-17(10-8-16)18-13-21-19(22-18)11-12-20/h2-10,13-14H,11-12,20H2,1H3,(H,21,22). The molecule has 22 heavy (non-hydrogen) atoms. The molecule has 0 amide bonds. The molecule has 1 heterocycles. The number of aromatic nitrogens is 2. The van der Waals surface area contributed by atoms with Crippen LogP contribution in [0.5, 0.6) is 0 Å². The SMILES string of the molecule is CC(c1ccccc1)c1ccc(-c2c[nH]c(CCN)n2)cc1. The Balaban J connectivity index is 1.80. The van der Waals surface area contributed by atoms with E-state index in [0.717, 1.165) is 23.5 Å². The van der Waals surface area contributed by atoms with Crippen LogP contribution < -0.4 is 5.73 Å². The molecule has 3 nitrogen and oxygen atoms in total. The number of hydrogen-bond donors (Lipinski definition) is 2. The molecule has 3 rings (SSSR count). The van der Waals surface area contributed by atoms with Crippen molar-refractivity contribution < 1.29 is 0 Å². The Morgan fingerprint density at radius 2 is 1.68 bits per heavy atom. The van der Waals surface area contributed by atoms with Gasteiger partial charge in [-0.1, -0.05) is 61.5 Å². The van der Waals surface area contributed by atoms with Gasteiger partial charge in [-0.05, 0) is 17.7 Å². The fourth-order valence-corrected chi connectivity index (χ4v) is 2.65. The topological polar surface area (TPSA) is 54.7 Å².